The second-order valence-corrected chi connectivity index (χ2v) is 1.53. The third kappa shape index (κ3) is 3.47. The van der Waals surface area contributed by atoms with E-state index in [1.54, 1.807) is 0 Å². The minimum atomic E-state index is 0.164. The SMILES string of the molecule is C=COC(C)C=CC. The molecule has 0 aliphatic heterocycles. The van der Waals surface area contributed by atoms with Gasteiger partial charge in [0, 0.05) is 0 Å². The van der Waals surface area contributed by atoms with Crippen LogP contribution in [0.2, 0.25) is 0 Å². The molecule has 0 aliphatic carbocycles. The molecule has 1 atom stereocenters. The van der Waals surface area contributed by atoms with Crippen molar-refractivity contribution in [1.29, 1.82) is 0 Å². The largest absolute Gasteiger partial charge is 0.495 e. The van der Waals surface area contributed by atoms with E-state index in [0.717, 1.165) is 0 Å². The van der Waals surface area contributed by atoms with Crippen molar-refractivity contribution >= 4 is 0 Å². The Morgan fingerprint density at radius 1 is 1.62 bits per heavy atom. The summed E-state index contributed by atoms with van der Waals surface area (Å²) in [7, 11) is 0. The fourth-order valence-electron chi connectivity index (χ4n) is 0.468. The number of rotatable bonds is 3. The van der Waals surface area contributed by atoms with Gasteiger partial charge in [-0.3, -0.25) is 0 Å². The fraction of sp³-hybridized carbons (Fsp3) is 0.429. The lowest BCUT2D eigenvalue weighted by molar-refractivity contribution is 0.205. The van der Waals surface area contributed by atoms with E-state index in [1.807, 2.05) is 26.0 Å². The molecule has 0 saturated heterocycles. The average molecular weight is 112 g/mol. The molecule has 0 heterocycles. The van der Waals surface area contributed by atoms with Gasteiger partial charge in [-0.2, -0.15) is 0 Å². The molecule has 0 spiro atoms. The molecule has 0 amide bonds. The first kappa shape index (κ1) is 7.28. The molecule has 0 aromatic heterocycles. The summed E-state index contributed by atoms with van der Waals surface area (Å²) < 4.78 is 4.96. The van der Waals surface area contributed by atoms with Gasteiger partial charge in [0.2, 0.25) is 0 Å². The number of ether oxygens (including phenoxy) is 1. The van der Waals surface area contributed by atoms with Gasteiger partial charge >= 0.3 is 0 Å². The Morgan fingerprint density at radius 2 is 2.25 bits per heavy atom. The molecule has 1 unspecified atom stereocenters. The van der Waals surface area contributed by atoms with Crippen molar-refractivity contribution in [2.75, 3.05) is 0 Å². The highest BCUT2D eigenvalue weighted by Crippen LogP contribution is 1.90. The summed E-state index contributed by atoms with van der Waals surface area (Å²) in [6.45, 7) is 7.35. The smallest absolute Gasteiger partial charge is 0.113 e. The second kappa shape index (κ2) is 4.44. The van der Waals surface area contributed by atoms with Crippen LogP contribution in [0, 0.1) is 0 Å². The van der Waals surface area contributed by atoms with Crippen LogP contribution < -0.4 is 0 Å². The first-order chi connectivity index (χ1) is 3.81. The predicted molar refractivity (Wildman–Crippen MR) is 35.6 cm³/mol. The van der Waals surface area contributed by atoms with Crippen molar-refractivity contribution in [2.45, 2.75) is 20.0 Å². The maximum Gasteiger partial charge on any atom is 0.113 e. The van der Waals surface area contributed by atoms with E-state index in [4.69, 9.17) is 4.74 Å². The predicted octanol–water partition coefficient (Wildman–Crippen LogP) is 2.11. The molecular weight excluding hydrogens is 100 g/mol. The quantitative estimate of drug-likeness (QED) is 0.401. The average Bonchev–Trinajstić information content (AvgIpc) is 1.68. The normalized spacial score (nSPS) is 13.8. The zero-order valence-electron chi connectivity index (χ0n) is 5.42. The summed E-state index contributed by atoms with van der Waals surface area (Å²) in [5, 5.41) is 0. The number of allylic oxidation sites excluding steroid dienone is 1. The minimum Gasteiger partial charge on any atom is -0.495 e. The van der Waals surface area contributed by atoms with Crippen molar-refractivity contribution in [3.63, 3.8) is 0 Å². The summed E-state index contributed by atoms with van der Waals surface area (Å²) in [5.74, 6) is 0. The Morgan fingerprint density at radius 3 is 2.62 bits per heavy atom. The second-order valence-electron chi connectivity index (χ2n) is 1.53. The van der Waals surface area contributed by atoms with Crippen molar-refractivity contribution in [3.8, 4) is 0 Å². The van der Waals surface area contributed by atoms with Gasteiger partial charge in [0.15, 0.2) is 0 Å². The number of hydrogen-bond acceptors (Lipinski definition) is 1. The highest BCUT2D eigenvalue weighted by atomic mass is 16.5. The van der Waals surface area contributed by atoms with Crippen LogP contribution in [-0.2, 0) is 4.74 Å². The van der Waals surface area contributed by atoms with E-state index in [1.165, 1.54) is 6.26 Å². The monoisotopic (exact) mass is 112 g/mol. The first-order valence-corrected chi connectivity index (χ1v) is 2.70. The highest BCUT2D eigenvalue weighted by Gasteiger charge is 1.87. The Labute approximate surface area is 50.7 Å². The minimum absolute atomic E-state index is 0.164. The van der Waals surface area contributed by atoms with E-state index in [2.05, 4.69) is 6.58 Å². The third-order valence-electron chi connectivity index (χ3n) is 0.774. The van der Waals surface area contributed by atoms with Crippen LogP contribution in [0.15, 0.2) is 25.0 Å². The zero-order valence-corrected chi connectivity index (χ0v) is 5.42. The summed E-state index contributed by atoms with van der Waals surface area (Å²) in [4.78, 5) is 0. The Bertz CT molecular complexity index is 84.4. The lowest BCUT2D eigenvalue weighted by Gasteiger charge is -2.02. The van der Waals surface area contributed by atoms with Crippen molar-refractivity contribution in [1.82, 2.24) is 0 Å². The molecule has 1 heteroatoms. The molecule has 46 valence electrons. The first-order valence-electron chi connectivity index (χ1n) is 2.70. The molecule has 0 radical (unpaired) electrons. The topological polar surface area (TPSA) is 9.23 Å². The van der Waals surface area contributed by atoms with Crippen molar-refractivity contribution in [3.05, 3.63) is 25.0 Å². The molecule has 0 fully saturated rings. The van der Waals surface area contributed by atoms with Gasteiger partial charge in [0.25, 0.3) is 0 Å². The van der Waals surface area contributed by atoms with E-state index in [0.29, 0.717) is 0 Å². The Balaban J connectivity index is 3.31. The molecule has 0 rings (SSSR count). The summed E-state index contributed by atoms with van der Waals surface area (Å²) in [5.41, 5.74) is 0. The maximum atomic E-state index is 4.96. The summed E-state index contributed by atoms with van der Waals surface area (Å²) in [6.07, 6.45) is 5.53. The molecule has 0 aliphatic rings. The lowest BCUT2D eigenvalue weighted by Crippen LogP contribution is -1.96. The molecule has 1 nitrogen and oxygen atoms in total. The van der Waals surface area contributed by atoms with Gasteiger partial charge < -0.3 is 4.74 Å². The van der Waals surface area contributed by atoms with Crippen molar-refractivity contribution < 1.29 is 4.74 Å². The van der Waals surface area contributed by atoms with Gasteiger partial charge in [-0.1, -0.05) is 12.7 Å². The summed E-state index contributed by atoms with van der Waals surface area (Å²) in [6, 6.07) is 0. The molecule has 0 aromatic carbocycles. The van der Waals surface area contributed by atoms with Gasteiger partial charge in [-0.05, 0) is 19.9 Å². The lowest BCUT2D eigenvalue weighted by atomic mass is 10.4. The van der Waals surface area contributed by atoms with Gasteiger partial charge in [-0.25, -0.2) is 0 Å². The van der Waals surface area contributed by atoms with Gasteiger partial charge in [0.1, 0.15) is 6.10 Å². The van der Waals surface area contributed by atoms with Crippen LogP contribution in [0.4, 0.5) is 0 Å². The van der Waals surface area contributed by atoms with Gasteiger partial charge in [-0.15, -0.1) is 0 Å². The zero-order chi connectivity index (χ0) is 6.41. The highest BCUT2D eigenvalue weighted by molar-refractivity contribution is 4.84. The maximum absolute atomic E-state index is 4.96. The Hall–Kier alpha value is -0.720. The van der Waals surface area contributed by atoms with Crippen LogP contribution in [0.25, 0.3) is 0 Å². The van der Waals surface area contributed by atoms with Crippen molar-refractivity contribution in [2.24, 2.45) is 0 Å². The van der Waals surface area contributed by atoms with Crippen LogP contribution in [-0.4, -0.2) is 6.10 Å². The Kier molecular flexibility index (Phi) is 4.04. The van der Waals surface area contributed by atoms with Crippen LogP contribution >= 0.6 is 0 Å². The summed E-state index contributed by atoms with van der Waals surface area (Å²) >= 11 is 0. The van der Waals surface area contributed by atoms with E-state index >= 15 is 0 Å². The van der Waals surface area contributed by atoms with Crippen LogP contribution in [0.1, 0.15) is 13.8 Å². The van der Waals surface area contributed by atoms with E-state index in [9.17, 15) is 0 Å². The molecule has 0 N–H and O–H groups in total. The molecule has 8 heavy (non-hydrogen) atoms. The van der Waals surface area contributed by atoms with E-state index < -0.39 is 0 Å². The van der Waals surface area contributed by atoms with Gasteiger partial charge in [0.05, 0.1) is 6.26 Å². The van der Waals surface area contributed by atoms with Crippen LogP contribution in [0.5, 0.6) is 0 Å². The molecule has 0 bridgehead atoms. The number of hydrogen-bond donors (Lipinski definition) is 0. The standard InChI is InChI=1S/C7H12O/c1-4-6-7(3)8-5-2/h4-7H,2H2,1,3H3. The molecule has 0 aromatic rings. The molecule has 0 saturated carbocycles. The van der Waals surface area contributed by atoms with E-state index in [-0.39, 0.29) is 6.10 Å². The molecular formula is C7H12O. The third-order valence-corrected chi connectivity index (χ3v) is 0.774. The van der Waals surface area contributed by atoms with Crippen LogP contribution in [0.3, 0.4) is 0 Å². The fourth-order valence-corrected chi connectivity index (χ4v) is 0.468.